The summed E-state index contributed by atoms with van der Waals surface area (Å²) in [6, 6.07) is 24.0. The van der Waals surface area contributed by atoms with Crippen LogP contribution in [0.15, 0.2) is 72.8 Å². The van der Waals surface area contributed by atoms with E-state index in [4.69, 9.17) is 0 Å². The minimum Gasteiger partial charge on any atom is -0.298 e. The standard InChI is InChI=1S/C26H26O2/c1-25(2,23-11-7-5-9-19(23)17-27)21-13-15-22(16-14-21)26(3,4)24-12-8-6-10-20(24)18-28/h5-18H,1-4H3. The number of carbonyl (C=O) groups is 2. The van der Waals surface area contributed by atoms with E-state index < -0.39 is 0 Å². The molecule has 0 spiro atoms. The van der Waals surface area contributed by atoms with Crippen LogP contribution in [0.25, 0.3) is 0 Å². The SMILES string of the molecule is CC(C)(c1ccc(C(C)(C)c2ccccc2C=O)cc1)c1ccccc1C=O. The Balaban J connectivity index is 2.01. The lowest BCUT2D eigenvalue weighted by Crippen LogP contribution is -2.23. The van der Waals surface area contributed by atoms with E-state index in [0.29, 0.717) is 0 Å². The normalized spacial score (nSPS) is 11.9. The van der Waals surface area contributed by atoms with Crippen molar-refractivity contribution in [3.8, 4) is 0 Å². The second-order valence-corrected chi connectivity index (χ2v) is 8.24. The molecule has 0 saturated carbocycles. The molecule has 0 unspecified atom stereocenters. The van der Waals surface area contributed by atoms with Crippen LogP contribution in [0.2, 0.25) is 0 Å². The molecule has 0 aliphatic heterocycles. The molecule has 0 N–H and O–H groups in total. The van der Waals surface area contributed by atoms with Crippen molar-refractivity contribution in [3.63, 3.8) is 0 Å². The van der Waals surface area contributed by atoms with E-state index in [2.05, 4.69) is 52.0 Å². The Morgan fingerprint density at radius 2 is 0.857 bits per heavy atom. The van der Waals surface area contributed by atoms with Crippen molar-refractivity contribution in [1.29, 1.82) is 0 Å². The van der Waals surface area contributed by atoms with Crippen molar-refractivity contribution >= 4 is 12.6 Å². The molecule has 2 nitrogen and oxygen atoms in total. The first-order valence-corrected chi connectivity index (χ1v) is 9.52. The minimum atomic E-state index is -0.291. The van der Waals surface area contributed by atoms with Gasteiger partial charge in [0.2, 0.25) is 0 Å². The zero-order valence-electron chi connectivity index (χ0n) is 16.9. The fraction of sp³-hybridized carbons (Fsp3) is 0.231. The Morgan fingerprint density at radius 3 is 1.18 bits per heavy atom. The van der Waals surface area contributed by atoms with Crippen LogP contribution in [0.3, 0.4) is 0 Å². The van der Waals surface area contributed by atoms with E-state index in [0.717, 1.165) is 46.0 Å². The maximum absolute atomic E-state index is 11.5. The highest BCUT2D eigenvalue weighted by atomic mass is 16.1. The summed E-state index contributed by atoms with van der Waals surface area (Å²) < 4.78 is 0. The average molecular weight is 370 g/mol. The lowest BCUT2D eigenvalue weighted by atomic mass is 9.73. The van der Waals surface area contributed by atoms with Crippen LogP contribution in [0, 0.1) is 0 Å². The number of hydrogen-bond donors (Lipinski definition) is 0. The Hall–Kier alpha value is -3.00. The van der Waals surface area contributed by atoms with Crippen molar-refractivity contribution in [1.82, 2.24) is 0 Å². The zero-order valence-corrected chi connectivity index (χ0v) is 16.9. The maximum atomic E-state index is 11.5. The second kappa shape index (κ2) is 7.55. The Bertz CT molecular complexity index is 912. The number of benzene rings is 3. The first-order valence-electron chi connectivity index (χ1n) is 9.52. The Kier molecular flexibility index (Phi) is 5.33. The van der Waals surface area contributed by atoms with Gasteiger partial charge in [0.1, 0.15) is 12.6 Å². The van der Waals surface area contributed by atoms with Crippen LogP contribution >= 0.6 is 0 Å². The summed E-state index contributed by atoms with van der Waals surface area (Å²) in [7, 11) is 0. The van der Waals surface area contributed by atoms with Gasteiger partial charge in [0.25, 0.3) is 0 Å². The molecule has 0 aromatic heterocycles. The predicted molar refractivity (Wildman–Crippen MR) is 114 cm³/mol. The van der Waals surface area contributed by atoms with Crippen molar-refractivity contribution in [2.75, 3.05) is 0 Å². The maximum Gasteiger partial charge on any atom is 0.150 e. The van der Waals surface area contributed by atoms with Crippen molar-refractivity contribution in [3.05, 3.63) is 106 Å². The number of hydrogen-bond acceptors (Lipinski definition) is 2. The van der Waals surface area contributed by atoms with E-state index in [1.54, 1.807) is 0 Å². The summed E-state index contributed by atoms with van der Waals surface area (Å²) in [5, 5.41) is 0. The highest BCUT2D eigenvalue weighted by molar-refractivity contribution is 5.79. The molecule has 0 bridgehead atoms. The van der Waals surface area contributed by atoms with E-state index in [1.807, 2.05) is 48.5 Å². The third kappa shape index (κ3) is 3.43. The fourth-order valence-electron chi connectivity index (χ4n) is 3.95. The smallest absolute Gasteiger partial charge is 0.150 e. The molecule has 0 fully saturated rings. The van der Waals surface area contributed by atoms with Crippen molar-refractivity contribution in [2.24, 2.45) is 0 Å². The first-order chi connectivity index (χ1) is 13.3. The molecule has 0 aliphatic rings. The number of carbonyl (C=O) groups excluding carboxylic acids is 2. The Morgan fingerprint density at radius 1 is 0.536 bits per heavy atom. The van der Waals surface area contributed by atoms with Gasteiger partial charge in [-0.1, -0.05) is 100 Å². The topological polar surface area (TPSA) is 34.1 Å². The van der Waals surface area contributed by atoms with Crippen LogP contribution < -0.4 is 0 Å². The lowest BCUT2D eigenvalue weighted by molar-refractivity contribution is 0.111. The molecule has 0 radical (unpaired) electrons. The van der Waals surface area contributed by atoms with Gasteiger partial charge in [0.05, 0.1) is 0 Å². The lowest BCUT2D eigenvalue weighted by Gasteiger charge is -2.30. The van der Waals surface area contributed by atoms with Crippen LogP contribution in [0.4, 0.5) is 0 Å². The van der Waals surface area contributed by atoms with Crippen LogP contribution in [-0.2, 0) is 10.8 Å². The third-order valence-electron chi connectivity index (χ3n) is 5.85. The van der Waals surface area contributed by atoms with Gasteiger partial charge in [-0.15, -0.1) is 0 Å². The van der Waals surface area contributed by atoms with E-state index in [9.17, 15) is 9.59 Å². The van der Waals surface area contributed by atoms with E-state index in [-0.39, 0.29) is 10.8 Å². The van der Waals surface area contributed by atoms with Gasteiger partial charge in [-0.05, 0) is 22.3 Å². The molecule has 142 valence electrons. The molecule has 0 saturated heterocycles. The zero-order chi connectivity index (χ0) is 20.4. The monoisotopic (exact) mass is 370 g/mol. The average Bonchev–Trinajstić information content (AvgIpc) is 2.73. The molecule has 3 aromatic rings. The second-order valence-electron chi connectivity index (χ2n) is 8.24. The van der Waals surface area contributed by atoms with Gasteiger partial charge in [0.15, 0.2) is 0 Å². The van der Waals surface area contributed by atoms with Crippen molar-refractivity contribution < 1.29 is 9.59 Å². The van der Waals surface area contributed by atoms with Crippen LogP contribution in [-0.4, -0.2) is 12.6 Å². The van der Waals surface area contributed by atoms with Crippen LogP contribution in [0.5, 0.6) is 0 Å². The van der Waals surface area contributed by atoms with E-state index >= 15 is 0 Å². The first kappa shape index (κ1) is 19.8. The predicted octanol–water partition coefficient (Wildman–Crippen LogP) is 5.96. The molecular weight excluding hydrogens is 344 g/mol. The molecule has 0 aliphatic carbocycles. The molecule has 2 heteroatoms. The number of rotatable bonds is 6. The van der Waals surface area contributed by atoms with Gasteiger partial charge < -0.3 is 0 Å². The summed E-state index contributed by atoms with van der Waals surface area (Å²) in [5.41, 5.74) is 5.18. The highest BCUT2D eigenvalue weighted by Crippen LogP contribution is 2.37. The minimum absolute atomic E-state index is 0.291. The summed E-state index contributed by atoms with van der Waals surface area (Å²) >= 11 is 0. The molecule has 3 rings (SSSR count). The molecular formula is C26H26O2. The van der Waals surface area contributed by atoms with Crippen LogP contribution in [0.1, 0.15) is 70.7 Å². The third-order valence-corrected chi connectivity index (χ3v) is 5.85. The summed E-state index contributed by atoms with van der Waals surface area (Å²) in [6.45, 7) is 8.54. The van der Waals surface area contributed by atoms with Gasteiger partial charge in [-0.25, -0.2) is 0 Å². The summed E-state index contributed by atoms with van der Waals surface area (Å²) in [4.78, 5) is 23.0. The molecule has 3 aromatic carbocycles. The van der Waals surface area contributed by atoms with Gasteiger partial charge in [-0.2, -0.15) is 0 Å². The largest absolute Gasteiger partial charge is 0.298 e. The fourth-order valence-corrected chi connectivity index (χ4v) is 3.95. The van der Waals surface area contributed by atoms with Crippen molar-refractivity contribution in [2.45, 2.75) is 38.5 Å². The van der Waals surface area contributed by atoms with Gasteiger partial charge >= 0.3 is 0 Å². The summed E-state index contributed by atoms with van der Waals surface area (Å²) in [5.74, 6) is 0. The molecule has 0 amide bonds. The highest BCUT2D eigenvalue weighted by Gasteiger charge is 2.28. The quantitative estimate of drug-likeness (QED) is 0.501. The summed E-state index contributed by atoms with van der Waals surface area (Å²) in [6.07, 6.45) is 1.84. The molecule has 0 atom stereocenters. The molecule has 28 heavy (non-hydrogen) atoms. The van der Waals surface area contributed by atoms with E-state index in [1.165, 1.54) is 0 Å². The number of aldehydes is 2. The Labute approximate surface area is 167 Å². The van der Waals surface area contributed by atoms with Gasteiger partial charge in [-0.3, -0.25) is 9.59 Å². The molecule has 0 heterocycles. The van der Waals surface area contributed by atoms with Gasteiger partial charge in [0, 0.05) is 22.0 Å².